The normalized spacial score (nSPS) is 22.9. The third kappa shape index (κ3) is 3.84. The van der Waals surface area contributed by atoms with Gasteiger partial charge in [0, 0.05) is 24.0 Å². The highest BCUT2D eigenvalue weighted by molar-refractivity contribution is 7.13. The highest BCUT2D eigenvalue weighted by Crippen LogP contribution is 2.28. The van der Waals surface area contributed by atoms with Gasteiger partial charge in [0.2, 0.25) is 5.91 Å². The van der Waals surface area contributed by atoms with Gasteiger partial charge in [-0.2, -0.15) is 0 Å². The molecule has 4 rings (SSSR count). The number of aromatic nitrogens is 1. The fourth-order valence-corrected chi connectivity index (χ4v) is 4.96. The van der Waals surface area contributed by atoms with Crippen molar-refractivity contribution in [1.29, 1.82) is 0 Å². The minimum Gasteiger partial charge on any atom is -0.342 e. The number of likely N-dealkylation sites (tertiary alicyclic amines) is 1. The molecule has 0 bridgehead atoms. The topological polar surface area (TPSA) is 45.2 Å². The predicted octanol–water partition coefficient (Wildman–Crippen LogP) is 3.37. The van der Waals surface area contributed by atoms with E-state index in [1.165, 1.54) is 5.56 Å². The Bertz CT molecular complexity index is 741. The maximum atomic E-state index is 12.7. The Morgan fingerprint density at radius 2 is 1.88 bits per heavy atom. The predicted molar refractivity (Wildman–Crippen MR) is 106 cm³/mol. The second-order valence-electron chi connectivity index (χ2n) is 7.51. The maximum Gasteiger partial charge on any atom is 0.228 e. The minimum atomic E-state index is 0.233. The first-order valence-corrected chi connectivity index (χ1v) is 10.6. The van der Waals surface area contributed by atoms with Gasteiger partial charge < -0.3 is 10.2 Å². The lowest BCUT2D eigenvalue weighted by Crippen LogP contribution is -2.34. The van der Waals surface area contributed by atoms with E-state index in [9.17, 15) is 4.79 Å². The van der Waals surface area contributed by atoms with Crippen molar-refractivity contribution in [3.05, 3.63) is 40.9 Å². The lowest BCUT2D eigenvalue weighted by Gasteiger charge is -2.20. The summed E-state index contributed by atoms with van der Waals surface area (Å²) in [6, 6.07) is 8.57. The maximum absolute atomic E-state index is 12.7. The summed E-state index contributed by atoms with van der Waals surface area (Å²) in [6.45, 7) is 6.21. The SMILES string of the molecule is CCc1ccc(-c2nc(CC(=O)N3CC[C@@H]4CNC[C@@H]4CC3)cs2)cc1. The number of nitrogens with zero attached hydrogens (tertiary/aromatic N) is 2. The van der Waals surface area contributed by atoms with Gasteiger partial charge >= 0.3 is 0 Å². The summed E-state index contributed by atoms with van der Waals surface area (Å²) in [6.07, 6.45) is 3.74. The molecule has 0 aliphatic carbocycles. The molecule has 2 atom stereocenters. The van der Waals surface area contributed by atoms with E-state index >= 15 is 0 Å². The van der Waals surface area contributed by atoms with Crippen molar-refractivity contribution in [2.75, 3.05) is 26.2 Å². The largest absolute Gasteiger partial charge is 0.342 e. The van der Waals surface area contributed by atoms with E-state index in [1.807, 2.05) is 5.38 Å². The number of nitrogens with one attached hydrogen (secondary N) is 1. The molecule has 0 unspecified atom stereocenters. The standard InChI is InChI=1S/C21H27N3OS/c1-2-15-3-5-16(6-4-15)21-23-19(14-26-21)11-20(25)24-9-7-17-12-22-13-18(17)8-10-24/h3-6,14,17-18,22H,2,7-13H2,1H3/t17-,18+. The van der Waals surface area contributed by atoms with Crippen molar-refractivity contribution >= 4 is 17.2 Å². The van der Waals surface area contributed by atoms with Gasteiger partial charge in [-0.1, -0.05) is 31.2 Å². The molecular formula is C21H27N3OS. The third-order valence-electron chi connectivity index (χ3n) is 5.87. The van der Waals surface area contributed by atoms with Crippen LogP contribution in [0, 0.1) is 11.8 Å². The van der Waals surface area contributed by atoms with Crippen molar-refractivity contribution in [1.82, 2.24) is 15.2 Å². The fraction of sp³-hybridized carbons (Fsp3) is 0.524. The molecule has 0 spiro atoms. The van der Waals surface area contributed by atoms with Crippen LogP contribution >= 0.6 is 11.3 Å². The molecule has 2 aromatic rings. The molecule has 5 heteroatoms. The molecule has 1 N–H and O–H groups in total. The van der Waals surface area contributed by atoms with E-state index in [0.29, 0.717) is 6.42 Å². The van der Waals surface area contributed by atoms with Crippen LogP contribution in [-0.4, -0.2) is 42.0 Å². The van der Waals surface area contributed by atoms with Crippen molar-refractivity contribution < 1.29 is 4.79 Å². The van der Waals surface area contributed by atoms with Gasteiger partial charge in [-0.15, -0.1) is 11.3 Å². The van der Waals surface area contributed by atoms with Gasteiger partial charge in [0.05, 0.1) is 12.1 Å². The quantitative estimate of drug-likeness (QED) is 0.899. The minimum absolute atomic E-state index is 0.233. The number of rotatable bonds is 4. The van der Waals surface area contributed by atoms with Gasteiger partial charge in [-0.05, 0) is 49.8 Å². The summed E-state index contributed by atoms with van der Waals surface area (Å²) in [7, 11) is 0. The van der Waals surface area contributed by atoms with Crippen LogP contribution in [0.2, 0.25) is 0 Å². The summed E-state index contributed by atoms with van der Waals surface area (Å²) < 4.78 is 0. The number of amides is 1. The number of fused-ring (bicyclic) bond motifs is 1. The molecule has 2 aliphatic heterocycles. The number of hydrogen-bond donors (Lipinski definition) is 1. The summed E-state index contributed by atoms with van der Waals surface area (Å²) >= 11 is 1.63. The van der Waals surface area contributed by atoms with Gasteiger partial charge in [0.1, 0.15) is 5.01 Å². The number of carbonyl (C=O) groups excluding carboxylic acids is 1. The number of benzene rings is 1. The molecule has 0 radical (unpaired) electrons. The lowest BCUT2D eigenvalue weighted by atomic mass is 9.92. The van der Waals surface area contributed by atoms with E-state index in [1.54, 1.807) is 11.3 Å². The van der Waals surface area contributed by atoms with Crippen LogP contribution in [0.25, 0.3) is 10.6 Å². The average Bonchev–Trinajstić information content (AvgIpc) is 3.27. The first-order valence-electron chi connectivity index (χ1n) is 9.75. The summed E-state index contributed by atoms with van der Waals surface area (Å²) in [5.41, 5.74) is 3.38. The molecule has 138 valence electrons. The fourth-order valence-electron chi connectivity index (χ4n) is 4.14. The number of aryl methyl sites for hydroxylation is 1. The van der Waals surface area contributed by atoms with Crippen LogP contribution in [-0.2, 0) is 17.6 Å². The van der Waals surface area contributed by atoms with Crippen LogP contribution in [0.1, 0.15) is 31.0 Å². The average molecular weight is 370 g/mol. The molecule has 4 nitrogen and oxygen atoms in total. The summed E-state index contributed by atoms with van der Waals surface area (Å²) in [5, 5.41) is 6.53. The highest BCUT2D eigenvalue weighted by Gasteiger charge is 2.31. The Kier molecular flexibility index (Phi) is 5.36. The smallest absolute Gasteiger partial charge is 0.228 e. The van der Waals surface area contributed by atoms with E-state index < -0.39 is 0 Å². The van der Waals surface area contributed by atoms with Crippen LogP contribution < -0.4 is 5.32 Å². The van der Waals surface area contributed by atoms with E-state index in [2.05, 4.69) is 41.4 Å². The van der Waals surface area contributed by atoms with Gasteiger partial charge in [-0.3, -0.25) is 4.79 Å². The van der Waals surface area contributed by atoms with E-state index in [-0.39, 0.29) is 5.91 Å². The molecule has 26 heavy (non-hydrogen) atoms. The van der Waals surface area contributed by atoms with Gasteiger partial charge in [0.25, 0.3) is 0 Å². The Balaban J connectivity index is 1.38. The molecule has 2 saturated heterocycles. The number of hydrogen-bond acceptors (Lipinski definition) is 4. The molecule has 0 saturated carbocycles. The zero-order chi connectivity index (χ0) is 17.9. The molecule has 2 aliphatic rings. The second-order valence-corrected chi connectivity index (χ2v) is 8.37. The van der Waals surface area contributed by atoms with Crippen LogP contribution in [0.5, 0.6) is 0 Å². The number of thiazole rings is 1. The molecule has 3 heterocycles. The molecule has 1 amide bonds. The van der Waals surface area contributed by atoms with Crippen LogP contribution in [0.15, 0.2) is 29.6 Å². The van der Waals surface area contributed by atoms with Gasteiger partial charge in [-0.25, -0.2) is 4.98 Å². The monoisotopic (exact) mass is 369 g/mol. The number of carbonyl (C=O) groups is 1. The first kappa shape index (κ1) is 17.7. The Hall–Kier alpha value is -1.72. The molecular weight excluding hydrogens is 342 g/mol. The summed E-state index contributed by atoms with van der Waals surface area (Å²) in [5.74, 6) is 1.74. The van der Waals surface area contributed by atoms with Crippen molar-refractivity contribution in [2.45, 2.75) is 32.6 Å². The molecule has 1 aromatic carbocycles. The molecule has 1 aromatic heterocycles. The van der Waals surface area contributed by atoms with Crippen molar-refractivity contribution in [3.63, 3.8) is 0 Å². The lowest BCUT2D eigenvalue weighted by molar-refractivity contribution is -0.130. The second kappa shape index (κ2) is 7.89. The van der Waals surface area contributed by atoms with E-state index in [0.717, 1.165) is 73.5 Å². The summed E-state index contributed by atoms with van der Waals surface area (Å²) in [4.78, 5) is 19.5. The Morgan fingerprint density at radius 3 is 2.54 bits per heavy atom. The zero-order valence-electron chi connectivity index (χ0n) is 15.4. The van der Waals surface area contributed by atoms with E-state index in [4.69, 9.17) is 4.98 Å². The Labute approximate surface area is 159 Å². The van der Waals surface area contributed by atoms with Crippen molar-refractivity contribution in [2.24, 2.45) is 11.8 Å². The zero-order valence-corrected chi connectivity index (χ0v) is 16.2. The van der Waals surface area contributed by atoms with Gasteiger partial charge in [0.15, 0.2) is 0 Å². The third-order valence-corrected chi connectivity index (χ3v) is 6.81. The van der Waals surface area contributed by atoms with Crippen LogP contribution in [0.3, 0.4) is 0 Å². The van der Waals surface area contributed by atoms with Crippen LogP contribution in [0.4, 0.5) is 0 Å². The van der Waals surface area contributed by atoms with Crippen molar-refractivity contribution in [3.8, 4) is 10.6 Å². The molecule has 2 fully saturated rings. The highest BCUT2D eigenvalue weighted by atomic mass is 32.1. The Morgan fingerprint density at radius 1 is 1.19 bits per heavy atom. The first-order chi connectivity index (χ1) is 12.7.